The predicted octanol–water partition coefficient (Wildman–Crippen LogP) is -1.34. The van der Waals surface area contributed by atoms with E-state index in [1.807, 2.05) is 6.92 Å². The fourth-order valence-corrected chi connectivity index (χ4v) is 12.0. The highest BCUT2D eigenvalue weighted by atomic mass is 16.8. The number of hydrogen-bond acceptors (Lipinski definition) is 16. The Hall–Kier alpha value is -1.39. The molecular formula is C38H60O17. The van der Waals surface area contributed by atoms with Crippen LogP contribution >= 0.6 is 0 Å². The number of hydrogen-bond donors (Lipinski definition) is 10. The monoisotopic (exact) mass is 788 g/mol. The third-order valence-corrected chi connectivity index (χ3v) is 15.0. The standard InChI is InChI=1S/C38H60O17/c1-16-12-37-10-6-20-35(3,8-5-9-36(20,4)34(48)49)21(37)7-11-38(16,15-37)55-33-30(54-31-27(46)25(44)22(41)17(2)50-31)29(24(43)19(14-40)52-33)53-32-28(47)26(45)23(42)18(13-39)51-32/h17-33,39-47H,1,5-15H2,2-4H3,(H,48,49). The van der Waals surface area contributed by atoms with Crippen LogP contribution in [0.2, 0.25) is 0 Å². The van der Waals surface area contributed by atoms with Gasteiger partial charge in [0, 0.05) is 0 Å². The maximum absolute atomic E-state index is 12.7. The van der Waals surface area contributed by atoms with Gasteiger partial charge in [0.2, 0.25) is 0 Å². The van der Waals surface area contributed by atoms with Gasteiger partial charge in [0.05, 0.1) is 30.3 Å². The van der Waals surface area contributed by atoms with E-state index >= 15 is 0 Å². The second-order valence-electron chi connectivity index (χ2n) is 18.0. The van der Waals surface area contributed by atoms with Crippen molar-refractivity contribution in [2.24, 2.45) is 28.1 Å². The zero-order valence-electron chi connectivity index (χ0n) is 31.6. The lowest BCUT2D eigenvalue weighted by Crippen LogP contribution is -2.67. The van der Waals surface area contributed by atoms with E-state index in [1.165, 1.54) is 6.92 Å². The summed E-state index contributed by atoms with van der Waals surface area (Å²) in [5, 5.41) is 106. The van der Waals surface area contributed by atoms with Crippen LogP contribution in [0.1, 0.15) is 78.6 Å². The third kappa shape index (κ3) is 6.63. The van der Waals surface area contributed by atoms with Gasteiger partial charge in [-0.15, -0.1) is 0 Å². The summed E-state index contributed by atoms with van der Waals surface area (Å²) in [7, 11) is 0. The summed E-state index contributed by atoms with van der Waals surface area (Å²) in [6.07, 6.45) is -17.6. The fourth-order valence-electron chi connectivity index (χ4n) is 12.0. The second-order valence-corrected chi connectivity index (χ2v) is 18.0. The maximum Gasteiger partial charge on any atom is 0.309 e. The van der Waals surface area contributed by atoms with Crippen LogP contribution in [0.4, 0.5) is 0 Å². The largest absolute Gasteiger partial charge is 0.481 e. The Balaban J connectivity index is 1.21. The molecule has 7 aliphatic rings. The second kappa shape index (κ2) is 15.0. The van der Waals surface area contributed by atoms with E-state index < -0.39 is 122 Å². The summed E-state index contributed by atoms with van der Waals surface area (Å²) in [5.41, 5.74) is -1.49. The molecule has 10 N–H and O–H groups in total. The molecule has 17 nitrogen and oxygen atoms in total. The van der Waals surface area contributed by atoms with Crippen LogP contribution in [0.3, 0.4) is 0 Å². The van der Waals surface area contributed by atoms with Gasteiger partial charge < -0.3 is 79.5 Å². The van der Waals surface area contributed by atoms with E-state index in [0.29, 0.717) is 32.1 Å². The molecule has 314 valence electrons. The smallest absolute Gasteiger partial charge is 0.309 e. The molecule has 2 bridgehead atoms. The predicted molar refractivity (Wildman–Crippen MR) is 185 cm³/mol. The fraction of sp³-hybridized carbons (Fsp3) is 0.921. The molecule has 3 aliphatic heterocycles. The van der Waals surface area contributed by atoms with Crippen molar-refractivity contribution < 1.29 is 84.3 Å². The molecule has 1 spiro atoms. The summed E-state index contributed by atoms with van der Waals surface area (Å²) in [6.45, 7) is 8.61. The molecular weight excluding hydrogens is 728 g/mol. The molecule has 0 amide bonds. The molecule has 7 rings (SSSR count). The molecule has 4 saturated carbocycles. The van der Waals surface area contributed by atoms with Crippen molar-refractivity contribution in [1.29, 1.82) is 0 Å². The number of carbonyl (C=O) groups is 1. The molecule has 55 heavy (non-hydrogen) atoms. The Morgan fingerprint density at radius 1 is 0.727 bits per heavy atom. The Bertz CT molecular complexity index is 1430. The third-order valence-electron chi connectivity index (χ3n) is 15.0. The number of rotatable bonds is 9. The molecule has 21 atom stereocenters. The number of aliphatic hydroxyl groups excluding tert-OH is 9. The Morgan fingerprint density at radius 3 is 1.96 bits per heavy atom. The van der Waals surface area contributed by atoms with E-state index in [-0.39, 0.29) is 22.7 Å². The summed E-state index contributed by atoms with van der Waals surface area (Å²) in [4.78, 5) is 12.7. The lowest BCUT2D eigenvalue weighted by Gasteiger charge is -2.64. The van der Waals surface area contributed by atoms with Crippen molar-refractivity contribution in [3.8, 4) is 0 Å². The number of aliphatic hydroxyl groups is 9. The van der Waals surface area contributed by atoms with Gasteiger partial charge >= 0.3 is 5.97 Å². The maximum atomic E-state index is 12.7. The summed E-state index contributed by atoms with van der Waals surface area (Å²) in [5.74, 6) is -0.551. The number of fused-ring (bicyclic) bond motifs is 3. The highest BCUT2D eigenvalue weighted by molar-refractivity contribution is 5.75. The highest BCUT2D eigenvalue weighted by Crippen LogP contribution is 2.73. The number of aliphatic carboxylic acids is 1. The zero-order valence-corrected chi connectivity index (χ0v) is 31.6. The first kappa shape index (κ1) is 41.8. The minimum atomic E-state index is -1.88. The Morgan fingerprint density at radius 2 is 1.31 bits per heavy atom. The van der Waals surface area contributed by atoms with Gasteiger partial charge in [0.25, 0.3) is 0 Å². The van der Waals surface area contributed by atoms with Crippen LogP contribution in [0, 0.1) is 28.1 Å². The quantitative estimate of drug-likeness (QED) is 0.0956. The molecule has 0 radical (unpaired) electrons. The minimum Gasteiger partial charge on any atom is -0.481 e. The number of carboxylic acids is 1. The number of ether oxygens (including phenoxy) is 6. The zero-order chi connectivity index (χ0) is 40.0. The van der Waals surface area contributed by atoms with Crippen molar-refractivity contribution in [3.63, 3.8) is 0 Å². The van der Waals surface area contributed by atoms with E-state index in [1.54, 1.807) is 0 Å². The van der Waals surface area contributed by atoms with Crippen molar-refractivity contribution in [2.45, 2.75) is 176 Å². The molecule has 21 unspecified atom stereocenters. The van der Waals surface area contributed by atoms with Crippen molar-refractivity contribution in [2.75, 3.05) is 13.2 Å². The van der Waals surface area contributed by atoms with Crippen molar-refractivity contribution in [3.05, 3.63) is 12.2 Å². The normalized spacial score (nSPS) is 55.4. The summed E-state index contributed by atoms with van der Waals surface area (Å²) in [6, 6.07) is 0. The Labute approximate surface area is 319 Å². The average Bonchev–Trinajstić information content (AvgIpc) is 3.34. The number of carboxylic acid groups (broad SMARTS) is 1. The first-order chi connectivity index (χ1) is 25.9. The molecule has 7 fully saturated rings. The van der Waals surface area contributed by atoms with Gasteiger partial charge in [0.15, 0.2) is 18.9 Å². The minimum absolute atomic E-state index is 0.00826. The van der Waals surface area contributed by atoms with Gasteiger partial charge in [-0.05, 0) is 93.5 Å². The van der Waals surface area contributed by atoms with Crippen LogP contribution in [-0.2, 0) is 33.2 Å². The van der Waals surface area contributed by atoms with Crippen LogP contribution in [-0.4, -0.2) is 168 Å². The molecule has 17 heteroatoms. The average molecular weight is 789 g/mol. The topological polar surface area (TPSA) is 275 Å². The van der Waals surface area contributed by atoms with E-state index in [2.05, 4.69) is 13.5 Å². The summed E-state index contributed by atoms with van der Waals surface area (Å²) >= 11 is 0. The first-order valence-corrected chi connectivity index (χ1v) is 19.7. The van der Waals surface area contributed by atoms with Gasteiger partial charge in [-0.3, -0.25) is 4.79 Å². The van der Waals surface area contributed by atoms with Crippen molar-refractivity contribution >= 4 is 5.97 Å². The Kier molecular flexibility index (Phi) is 11.4. The van der Waals surface area contributed by atoms with Gasteiger partial charge in [-0.1, -0.05) is 19.9 Å². The summed E-state index contributed by atoms with van der Waals surface area (Å²) < 4.78 is 36.9. The first-order valence-electron chi connectivity index (χ1n) is 19.7. The molecule has 0 aromatic carbocycles. The lowest BCUT2D eigenvalue weighted by atomic mass is 9.41. The highest BCUT2D eigenvalue weighted by Gasteiger charge is 2.69. The SMILES string of the molecule is C=C1CC23CCC4C(C)(C(=O)O)CCCC4(C)C2CCC1(OC1OC(CO)C(O)C(OC2OC(CO)C(O)C(O)C2O)C1OC1OC(C)C(O)C(O)C1O)C3. The molecule has 3 heterocycles. The molecule has 4 aliphatic carbocycles. The molecule has 0 aromatic rings. The van der Waals surface area contributed by atoms with Crippen LogP contribution in [0.5, 0.6) is 0 Å². The van der Waals surface area contributed by atoms with Crippen LogP contribution < -0.4 is 0 Å². The van der Waals surface area contributed by atoms with Crippen LogP contribution in [0.15, 0.2) is 12.2 Å². The van der Waals surface area contributed by atoms with Gasteiger partial charge in [-0.25, -0.2) is 0 Å². The van der Waals surface area contributed by atoms with Crippen LogP contribution in [0.25, 0.3) is 0 Å². The molecule has 0 aromatic heterocycles. The molecule has 3 saturated heterocycles. The van der Waals surface area contributed by atoms with E-state index in [4.69, 9.17) is 28.4 Å². The van der Waals surface area contributed by atoms with Crippen molar-refractivity contribution in [1.82, 2.24) is 0 Å². The van der Waals surface area contributed by atoms with E-state index in [0.717, 1.165) is 31.3 Å². The van der Waals surface area contributed by atoms with E-state index in [9.17, 15) is 55.9 Å². The van der Waals surface area contributed by atoms with Gasteiger partial charge in [-0.2, -0.15) is 0 Å². The van der Waals surface area contributed by atoms with Gasteiger partial charge in [0.1, 0.15) is 67.1 Å². The lowest BCUT2D eigenvalue weighted by molar-refractivity contribution is -0.398.